The van der Waals surface area contributed by atoms with Crippen LogP contribution in [0.5, 0.6) is 5.88 Å². The Morgan fingerprint density at radius 3 is 2.48 bits per heavy atom. The molecule has 11 heteroatoms. The molecule has 1 saturated carbocycles. The number of sulfonamides is 1. The molecule has 1 amide bonds. The number of likely N-dealkylation sites (tertiary alicyclic amines) is 1. The van der Waals surface area contributed by atoms with Gasteiger partial charge in [-0.3, -0.25) is 14.4 Å². The Hall–Kier alpha value is -3.54. The van der Waals surface area contributed by atoms with Crippen molar-refractivity contribution in [3.05, 3.63) is 71.8 Å². The summed E-state index contributed by atoms with van der Waals surface area (Å²) in [5.41, 5.74) is 3.05. The van der Waals surface area contributed by atoms with E-state index in [0.717, 1.165) is 37.1 Å². The SMILES string of the molecule is COc1ccc2nc(NC(=O)C(CC3CCCC3)c3ccc(S(=O)(=O)Nc4ccccc4CN4CCCCC4)cc3)sc2n1. The second-order valence-electron chi connectivity index (χ2n) is 11.8. The quantitative estimate of drug-likeness (QED) is 0.187. The molecule has 2 fully saturated rings. The molecule has 1 atom stereocenters. The van der Waals surface area contributed by atoms with E-state index in [0.29, 0.717) is 45.9 Å². The first-order valence-electron chi connectivity index (χ1n) is 15.4. The Bertz CT molecular complexity index is 1690. The molecule has 1 unspecified atom stereocenters. The molecule has 3 heterocycles. The summed E-state index contributed by atoms with van der Waals surface area (Å²) in [5, 5.41) is 3.49. The van der Waals surface area contributed by atoms with Crippen molar-refractivity contribution in [3.63, 3.8) is 0 Å². The largest absolute Gasteiger partial charge is 0.481 e. The first kappa shape index (κ1) is 30.5. The average molecular weight is 634 g/mol. The van der Waals surface area contributed by atoms with Crippen LogP contribution in [0.2, 0.25) is 0 Å². The monoisotopic (exact) mass is 633 g/mol. The number of methoxy groups -OCH3 is 1. The van der Waals surface area contributed by atoms with E-state index in [2.05, 4.69) is 24.9 Å². The number of rotatable bonds is 11. The highest BCUT2D eigenvalue weighted by atomic mass is 32.2. The van der Waals surface area contributed by atoms with Crippen molar-refractivity contribution in [1.29, 1.82) is 0 Å². The van der Waals surface area contributed by atoms with Gasteiger partial charge in [-0.25, -0.2) is 18.4 Å². The van der Waals surface area contributed by atoms with E-state index in [4.69, 9.17) is 4.74 Å². The molecule has 6 rings (SSSR count). The zero-order valence-electron chi connectivity index (χ0n) is 25.0. The predicted molar refractivity (Wildman–Crippen MR) is 175 cm³/mol. The molecule has 2 N–H and O–H groups in total. The molecule has 2 aromatic heterocycles. The van der Waals surface area contributed by atoms with Crippen LogP contribution >= 0.6 is 11.3 Å². The summed E-state index contributed by atoms with van der Waals surface area (Å²) >= 11 is 1.30. The maximum Gasteiger partial charge on any atom is 0.261 e. The van der Waals surface area contributed by atoms with Gasteiger partial charge in [-0.2, -0.15) is 0 Å². The highest BCUT2D eigenvalue weighted by Crippen LogP contribution is 2.36. The zero-order valence-corrected chi connectivity index (χ0v) is 26.6. The zero-order chi connectivity index (χ0) is 30.5. The number of pyridine rings is 1. The highest BCUT2D eigenvalue weighted by molar-refractivity contribution is 7.92. The third-order valence-corrected chi connectivity index (χ3v) is 11.0. The third-order valence-electron chi connectivity index (χ3n) is 8.73. The second kappa shape index (κ2) is 13.6. The van der Waals surface area contributed by atoms with E-state index in [1.165, 1.54) is 43.4 Å². The minimum absolute atomic E-state index is 0.150. The van der Waals surface area contributed by atoms with Crippen LogP contribution in [0.25, 0.3) is 10.3 Å². The molecule has 0 radical (unpaired) electrons. The number of ether oxygens (including phenoxy) is 1. The summed E-state index contributed by atoms with van der Waals surface area (Å²) in [6.45, 7) is 2.78. The lowest BCUT2D eigenvalue weighted by Crippen LogP contribution is -2.29. The van der Waals surface area contributed by atoms with Crippen LogP contribution in [0.4, 0.5) is 10.8 Å². The minimum Gasteiger partial charge on any atom is -0.481 e. The molecule has 2 aliphatic rings. The number of benzene rings is 2. The molecule has 0 bridgehead atoms. The van der Waals surface area contributed by atoms with E-state index in [-0.39, 0.29) is 10.8 Å². The number of anilines is 2. The molecule has 2 aromatic carbocycles. The summed E-state index contributed by atoms with van der Waals surface area (Å²) < 4.78 is 35.0. The van der Waals surface area contributed by atoms with Gasteiger partial charge in [0.2, 0.25) is 11.8 Å². The Morgan fingerprint density at radius 1 is 0.977 bits per heavy atom. The number of carbonyl (C=O) groups is 1. The van der Waals surface area contributed by atoms with Gasteiger partial charge in [0.05, 0.1) is 23.6 Å². The van der Waals surface area contributed by atoms with Crippen LogP contribution < -0.4 is 14.8 Å². The van der Waals surface area contributed by atoms with Gasteiger partial charge in [-0.05, 0) is 73.7 Å². The number of aromatic nitrogens is 2. The number of thiazole rings is 1. The fourth-order valence-electron chi connectivity index (χ4n) is 6.33. The van der Waals surface area contributed by atoms with E-state index < -0.39 is 15.9 Å². The number of hydrogen-bond donors (Lipinski definition) is 2. The fourth-order valence-corrected chi connectivity index (χ4v) is 8.27. The standard InChI is InChI=1S/C33H39N5O4S2/c1-42-30-18-17-29-32(35-30)43-33(34-29)36-31(39)27(21-23-9-3-4-10-23)24-13-15-26(16-14-24)44(40,41)37-28-12-6-5-11-25(28)22-38-19-7-2-8-20-38/h5-6,11-18,23,27,37H,2-4,7-10,19-22H2,1H3,(H,34,36,39). The molecule has 0 spiro atoms. The van der Waals surface area contributed by atoms with Crippen molar-refractivity contribution in [2.24, 2.45) is 5.92 Å². The van der Waals surface area contributed by atoms with Crippen molar-refractivity contribution in [2.45, 2.75) is 68.7 Å². The van der Waals surface area contributed by atoms with Gasteiger partial charge in [-0.1, -0.05) is 73.8 Å². The number of para-hydroxylation sites is 1. The molecule has 232 valence electrons. The van der Waals surface area contributed by atoms with Gasteiger partial charge >= 0.3 is 0 Å². The van der Waals surface area contributed by atoms with Crippen LogP contribution in [0.15, 0.2) is 65.6 Å². The lowest BCUT2D eigenvalue weighted by molar-refractivity contribution is -0.118. The van der Waals surface area contributed by atoms with Crippen LogP contribution in [-0.2, 0) is 21.4 Å². The summed E-state index contributed by atoms with van der Waals surface area (Å²) in [6.07, 6.45) is 8.85. The van der Waals surface area contributed by atoms with Crippen molar-refractivity contribution in [1.82, 2.24) is 14.9 Å². The lowest BCUT2D eigenvalue weighted by atomic mass is 9.87. The summed E-state index contributed by atoms with van der Waals surface area (Å²) in [6, 6.07) is 17.9. The first-order valence-corrected chi connectivity index (χ1v) is 17.7. The Morgan fingerprint density at radius 2 is 1.73 bits per heavy atom. The van der Waals surface area contributed by atoms with Crippen LogP contribution in [0.1, 0.15) is 68.4 Å². The Balaban J connectivity index is 1.19. The molecule has 9 nitrogen and oxygen atoms in total. The Labute approximate surface area is 263 Å². The fraction of sp³-hybridized carbons (Fsp3) is 0.424. The van der Waals surface area contributed by atoms with E-state index in [1.54, 1.807) is 37.4 Å². The smallest absolute Gasteiger partial charge is 0.261 e. The maximum absolute atomic E-state index is 13.7. The molecule has 4 aromatic rings. The van der Waals surface area contributed by atoms with Gasteiger partial charge in [0.15, 0.2) is 5.13 Å². The van der Waals surface area contributed by atoms with Gasteiger partial charge in [0.1, 0.15) is 10.3 Å². The molecule has 1 saturated heterocycles. The molecular weight excluding hydrogens is 595 g/mol. The summed E-state index contributed by atoms with van der Waals surface area (Å²) in [4.78, 5) is 25.9. The van der Waals surface area contributed by atoms with Gasteiger partial charge in [-0.15, -0.1) is 0 Å². The number of amides is 1. The minimum atomic E-state index is -3.83. The number of piperidine rings is 1. The van der Waals surface area contributed by atoms with E-state index >= 15 is 0 Å². The topological polar surface area (TPSA) is 114 Å². The number of hydrogen-bond acceptors (Lipinski definition) is 8. The normalized spacial score (nSPS) is 17.0. The molecule has 44 heavy (non-hydrogen) atoms. The van der Waals surface area contributed by atoms with Crippen molar-refractivity contribution in [3.8, 4) is 5.88 Å². The van der Waals surface area contributed by atoms with Crippen LogP contribution in [0.3, 0.4) is 0 Å². The number of nitrogens with zero attached hydrogens (tertiary/aromatic N) is 3. The molecule has 1 aliphatic heterocycles. The number of carbonyl (C=O) groups excluding carboxylic acids is 1. The van der Waals surface area contributed by atoms with Crippen LogP contribution in [0, 0.1) is 5.92 Å². The van der Waals surface area contributed by atoms with Gasteiger partial charge < -0.3 is 10.1 Å². The second-order valence-corrected chi connectivity index (χ2v) is 14.5. The van der Waals surface area contributed by atoms with E-state index in [1.807, 2.05) is 30.3 Å². The summed E-state index contributed by atoms with van der Waals surface area (Å²) in [7, 11) is -2.26. The lowest BCUT2D eigenvalue weighted by Gasteiger charge is -2.27. The first-order chi connectivity index (χ1) is 21.4. The number of nitrogens with one attached hydrogen (secondary N) is 2. The predicted octanol–water partition coefficient (Wildman–Crippen LogP) is 6.79. The highest BCUT2D eigenvalue weighted by Gasteiger charge is 2.28. The van der Waals surface area contributed by atoms with Crippen molar-refractivity contribution >= 4 is 48.4 Å². The maximum atomic E-state index is 13.7. The van der Waals surface area contributed by atoms with Gasteiger partial charge in [0.25, 0.3) is 10.0 Å². The number of fused-ring (bicyclic) bond motifs is 1. The Kier molecular flexibility index (Phi) is 9.44. The molecular formula is C33H39N5O4S2. The van der Waals surface area contributed by atoms with Crippen molar-refractivity contribution < 1.29 is 17.9 Å². The molecule has 1 aliphatic carbocycles. The van der Waals surface area contributed by atoms with Crippen molar-refractivity contribution in [2.75, 3.05) is 30.2 Å². The van der Waals surface area contributed by atoms with Gasteiger partial charge in [0, 0.05) is 12.6 Å². The third kappa shape index (κ3) is 7.22. The van der Waals surface area contributed by atoms with Crippen LogP contribution in [-0.4, -0.2) is 49.4 Å². The van der Waals surface area contributed by atoms with E-state index in [9.17, 15) is 13.2 Å². The summed E-state index contributed by atoms with van der Waals surface area (Å²) in [5.74, 6) is 0.368. The average Bonchev–Trinajstić information content (AvgIpc) is 3.70.